The first kappa shape index (κ1) is 7.04. The quantitative estimate of drug-likeness (QED) is 0.557. The molecule has 2 unspecified atom stereocenters. The molecule has 2 bridgehead atoms. The third-order valence-corrected chi connectivity index (χ3v) is 2.55. The van der Waals surface area contributed by atoms with Crippen molar-refractivity contribution in [1.29, 1.82) is 0 Å². The van der Waals surface area contributed by atoms with Crippen LogP contribution < -0.4 is 5.43 Å². The molecule has 2 aliphatic heterocycles. The molecule has 0 aliphatic carbocycles. The summed E-state index contributed by atoms with van der Waals surface area (Å²) in [7, 11) is 0. The number of ether oxygens (including phenoxy) is 1. The maximum absolute atomic E-state index is 11.1. The highest BCUT2D eigenvalue weighted by Crippen LogP contribution is 2.44. The van der Waals surface area contributed by atoms with E-state index in [4.69, 9.17) is 4.74 Å². The monoisotopic (exact) mass is 172 g/mol. The SMILES string of the molecule is O=c1ccc2c(cc1)C1C=CC2O1. The first-order valence-electron chi connectivity index (χ1n) is 4.32. The molecule has 1 aromatic carbocycles. The molecule has 2 aliphatic rings. The summed E-state index contributed by atoms with van der Waals surface area (Å²) in [6, 6.07) is 6.92. The van der Waals surface area contributed by atoms with Gasteiger partial charge < -0.3 is 4.74 Å². The zero-order valence-electron chi connectivity index (χ0n) is 6.94. The third-order valence-electron chi connectivity index (χ3n) is 2.55. The molecule has 0 saturated heterocycles. The molecule has 1 aromatic rings. The van der Waals surface area contributed by atoms with Gasteiger partial charge in [-0.05, 0) is 23.3 Å². The lowest BCUT2D eigenvalue weighted by Gasteiger charge is -2.00. The highest BCUT2D eigenvalue weighted by Gasteiger charge is 2.32. The molecule has 3 rings (SSSR count). The van der Waals surface area contributed by atoms with Crippen molar-refractivity contribution in [1.82, 2.24) is 0 Å². The van der Waals surface area contributed by atoms with Crippen LogP contribution in [0, 0.1) is 0 Å². The Labute approximate surface area is 75.5 Å². The van der Waals surface area contributed by atoms with Gasteiger partial charge in [-0.2, -0.15) is 0 Å². The standard InChI is InChI=1S/C11H8O2/c12-7-1-3-8-9(4-2-7)11-6-5-10(8)13-11/h1-6,10-11H. The number of fused-ring (bicyclic) bond motifs is 5. The second-order valence-corrected chi connectivity index (χ2v) is 3.34. The minimum atomic E-state index is 0.0498. The largest absolute Gasteiger partial charge is 0.357 e. The van der Waals surface area contributed by atoms with E-state index in [1.54, 1.807) is 12.1 Å². The predicted octanol–water partition coefficient (Wildman–Crippen LogP) is 1.73. The molecule has 0 saturated carbocycles. The molecule has 0 amide bonds. The lowest BCUT2D eigenvalue weighted by molar-refractivity contribution is 0.0877. The fourth-order valence-corrected chi connectivity index (χ4v) is 1.91. The van der Waals surface area contributed by atoms with Gasteiger partial charge in [0.1, 0.15) is 12.2 Å². The maximum Gasteiger partial charge on any atom is 0.178 e. The van der Waals surface area contributed by atoms with Crippen LogP contribution in [-0.4, -0.2) is 0 Å². The van der Waals surface area contributed by atoms with E-state index in [1.807, 2.05) is 24.3 Å². The van der Waals surface area contributed by atoms with Crippen LogP contribution in [0.15, 0.2) is 41.2 Å². The van der Waals surface area contributed by atoms with Crippen molar-refractivity contribution in [2.75, 3.05) is 0 Å². The van der Waals surface area contributed by atoms with Crippen molar-refractivity contribution in [2.24, 2.45) is 0 Å². The fraction of sp³-hybridized carbons (Fsp3) is 0.182. The van der Waals surface area contributed by atoms with E-state index in [0.29, 0.717) is 0 Å². The summed E-state index contributed by atoms with van der Waals surface area (Å²) < 4.78 is 5.61. The van der Waals surface area contributed by atoms with Gasteiger partial charge >= 0.3 is 0 Å². The lowest BCUT2D eigenvalue weighted by Crippen LogP contribution is -1.90. The molecular formula is C11H8O2. The molecule has 0 N–H and O–H groups in total. The van der Waals surface area contributed by atoms with E-state index in [2.05, 4.69) is 0 Å². The van der Waals surface area contributed by atoms with Crippen molar-refractivity contribution in [3.05, 3.63) is 57.8 Å². The fourth-order valence-electron chi connectivity index (χ4n) is 1.91. The molecule has 2 heterocycles. The number of hydrogen-bond acceptors (Lipinski definition) is 2. The Hall–Kier alpha value is -1.41. The Morgan fingerprint density at radius 2 is 1.46 bits per heavy atom. The highest BCUT2D eigenvalue weighted by molar-refractivity contribution is 5.41. The second kappa shape index (κ2) is 2.30. The van der Waals surface area contributed by atoms with Crippen LogP contribution in [0.1, 0.15) is 23.3 Å². The maximum atomic E-state index is 11.1. The first-order chi connectivity index (χ1) is 6.34. The minimum absolute atomic E-state index is 0.0498. The predicted molar refractivity (Wildman–Crippen MR) is 48.4 cm³/mol. The smallest absolute Gasteiger partial charge is 0.178 e. The van der Waals surface area contributed by atoms with Crippen molar-refractivity contribution in [3.63, 3.8) is 0 Å². The van der Waals surface area contributed by atoms with Crippen LogP contribution in [0.25, 0.3) is 0 Å². The van der Waals surface area contributed by atoms with Crippen LogP contribution in [0.2, 0.25) is 0 Å². The van der Waals surface area contributed by atoms with Crippen LogP contribution in [-0.2, 0) is 4.74 Å². The third kappa shape index (κ3) is 0.892. The summed E-state index contributed by atoms with van der Waals surface area (Å²) in [5.74, 6) is 0. The van der Waals surface area contributed by atoms with E-state index in [0.717, 1.165) is 11.1 Å². The van der Waals surface area contributed by atoms with Gasteiger partial charge in [0.05, 0.1) is 0 Å². The number of rotatable bonds is 0. The Morgan fingerprint density at radius 1 is 0.923 bits per heavy atom. The van der Waals surface area contributed by atoms with Gasteiger partial charge in [-0.15, -0.1) is 0 Å². The Balaban J connectivity index is 2.30. The topological polar surface area (TPSA) is 26.3 Å². The molecule has 0 radical (unpaired) electrons. The molecule has 2 heteroatoms. The normalized spacial score (nSPS) is 27.7. The second-order valence-electron chi connectivity index (χ2n) is 3.34. The highest BCUT2D eigenvalue weighted by atomic mass is 16.5. The van der Waals surface area contributed by atoms with Crippen LogP contribution >= 0.6 is 0 Å². The summed E-state index contributed by atoms with van der Waals surface area (Å²) in [5.41, 5.74) is 2.32. The van der Waals surface area contributed by atoms with Gasteiger partial charge in [-0.3, -0.25) is 4.79 Å². The Bertz CT molecular complexity index is 410. The van der Waals surface area contributed by atoms with Gasteiger partial charge in [0, 0.05) is 0 Å². The molecule has 0 fully saturated rings. The van der Waals surface area contributed by atoms with Crippen LogP contribution in [0.3, 0.4) is 0 Å². The summed E-state index contributed by atoms with van der Waals surface area (Å²) in [6.45, 7) is 0. The summed E-state index contributed by atoms with van der Waals surface area (Å²) >= 11 is 0. The van der Waals surface area contributed by atoms with Gasteiger partial charge in [0.2, 0.25) is 0 Å². The zero-order valence-corrected chi connectivity index (χ0v) is 6.94. The van der Waals surface area contributed by atoms with Crippen LogP contribution in [0.5, 0.6) is 0 Å². The number of hydrogen-bond donors (Lipinski definition) is 0. The summed E-state index contributed by atoms with van der Waals surface area (Å²) in [6.07, 6.45) is 4.23. The average Bonchev–Trinajstić information content (AvgIpc) is 2.66. The zero-order chi connectivity index (χ0) is 8.84. The van der Waals surface area contributed by atoms with Crippen molar-refractivity contribution in [3.8, 4) is 0 Å². The molecule has 0 spiro atoms. The van der Waals surface area contributed by atoms with Gasteiger partial charge in [-0.25, -0.2) is 0 Å². The molecule has 64 valence electrons. The minimum Gasteiger partial charge on any atom is -0.357 e. The lowest BCUT2D eigenvalue weighted by atomic mass is 10.00. The molecule has 13 heavy (non-hydrogen) atoms. The summed E-state index contributed by atoms with van der Waals surface area (Å²) in [5, 5.41) is 0. The Kier molecular flexibility index (Phi) is 1.24. The first-order valence-corrected chi connectivity index (χ1v) is 4.32. The van der Waals surface area contributed by atoms with E-state index in [-0.39, 0.29) is 17.6 Å². The molecule has 0 aromatic heterocycles. The molecule has 2 atom stereocenters. The van der Waals surface area contributed by atoms with Gasteiger partial charge in [-0.1, -0.05) is 24.3 Å². The summed E-state index contributed by atoms with van der Waals surface area (Å²) in [4.78, 5) is 11.1. The average molecular weight is 172 g/mol. The molecular weight excluding hydrogens is 164 g/mol. The Morgan fingerprint density at radius 3 is 2.00 bits per heavy atom. The van der Waals surface area contributed by atoms with Crippen LogP contribution in [0.4, 0.5) is 0 Å². The molecule has 2 nitrogen and oxygen atoms in total. The van der Waals surface area contributed by atoms with E-state index in [9.17, 15) is 4.79 Å². The van der Waals surface area contributed by atoms with Crippen molar-refractivity contribution < 1.29 is 4.74 Å². The van der Waals surface area contributed by atoms with Crippen molar-refractivity contribution in [2.45, 2.75) is 12.2 Å². The van der Waals surface area contributed by atoms with Gasteiger partial charge in [0.15, 0.2) is 5.43 Å². The van der Waals surface area contributed by atoms with Crippen molar-refractivity contribution >= 4 is 0 Å². The van der Waals surface area contributed by atoms with Gasteiger partial charge in [0.25, 0.3) is 0 Å². The van der Waals surface area contributed by atoms with E-state index < -0.39 is 0 Å². The van der Waals surface area contributed by atoms with E-state index >= 15 is 0 Å². The van der Waals surface area contributed by atoms with E-state index in [1.165, 1.54) is 0 Å².